The van der Waals surface area contributed by atoms with Crippen LogP contribution >= 0.6 is 0 Å². The van der Waals surface area contributed by atoms with Crippen molar-refractivity contribution in [2.45, 2.75) is 32.0 Å². The van der Waals surface area contributed by atoms with Gasteiger partial charge in [0.1, 0.15) is 5.82 Å². The maximum atomic E-state index is 13.5. The number of hydrogen-bond donors (Lipinski definition) is 1. The smallest absolute Gasteiger partial charge is 0.345 e. The molecule has 1 atom stereocenters. The number of aromatic nitrogens is 4. The van der Waals surface area contributed by atoms with Crippen molar-refractivity contribution in [3.63, 3.8) is 0 Å². The topological polar surface area (TPSA) is 66.8 Å². The Labute approximate surface area is 222 Å². The van der Waals surface area contributed by atoms with Crippen LogP contribution in [0.2, 0.25) is 0 Å². The van der Waals surface area contributed by atoms with Crippen molar-refractivity contribution in [1.29, 1.82) is 0 Å². The number of halogens is 3. The first-order valence-electron chi connectivity index (χ1n) is 13.2. The van der Waals surface area contributed by atoms with Crippen molar-refractivity contribution >= 4 is 28.0 Å². The van der Waals surface area contributed by atoms with E-state index in [1.54, 1.807) is 6.33 Å². The van der Waals surface area contributed by atoms with E-state index in [2.05, 4.69) is 9.97 Å². The predicted octanol–water partition coefficient (Wildman–Crippen LogP) is 6.52. The van der Waals surface area contributed by atoms with E-state index in [-0.39, 0.29) is 17.7 Å². The first-order valence-corrected chi connectivity index (χ1v) is 13.2. The Morgan fingerprint density at radius 2 is 1.69 bits per heavy atom. The van der Waals surface area contributed by atoms with Crippen LogP contribution in [0.1, 0.15) is 24.8 Å². The molecule has 9 heteroatoms. The number of fused-ring (bicyclic) bond motifs is 2. The van der Waals surface area contributed by atoms with Crippen LogP contribution in [0.3, 0.4) is 0 Å². The molecule has 0 radical (unpaired) electrons. The fraction of sp³-hybridized carbons (Fsp3) is 0.300. The Morgan fingerprint density at radius 3 is 2.46 bits per heavy atom. The normalized spacial score (nSPS) is 17.9. The van der Waals surface area contributed by atoms with E-state index < -0.39 is 11.7 Å². The highest BCUT2D eigenvalue weighted by atomic mass is 19.4. The Morgan fingerprint density at radius 1 is 0.923 bits per heavy atom. The Balaban J connectivity index is 1.24. The maximum Gasteiger partial charge on any atom is 0.416 e. The largest absolute Gasteiger partial charge is 0.416 e. The van der Waals surface area contributed by atoms with E-state index in [4.69, 9.17) is 4.98 Å². The van der Waals surface area contributed by atoms with Gasteiger partial charge < -0.3 is 14.5 Å². The summed E-state index contributed by atoms with van der Waals surface area (Å²) in [4.78, 5) is 26.6. The summed E-state index contributed by atoms with van der Waals surface area (Å²) < 4.78 is 42.4. The first-order chi connectivity index (χ1) is 18.8. The van der Waals surface area contributed by atoms with Gasteiger partial charge in [-0.3, -0.25) is 4.79 Å². The van der Waals surface area contributed by atoms with Crippen LogP contribution in [0, 0.1) is 11.8 Å². The van der Waals surface area contributed by atoms with E-state index in [1.807, 2.05) is 51.9 Å². The van der Waals surface area contributed by atoms with Gasteiger partial charge in [-0.2, -0.15) is 13.2 Å². The fourth-order valence-corrected chi connectivity index (χ4v) is 5.67. The van der Waals surface area contributed by atoms with Crippen LogP contribution in [-0.4, -0.2) is 43.4 Å². The molecule has 2 fully saturated rings. The molecule has 2 aromatic heterocycles. The van der Waals surface area contributed by atoms with Crippen LogP contribution in [0.5, 0.6) is 0 Å². The molecule has 1 aliphatic carbocycles. The number of imidazole rings is 2. The second-order valence-electron chi connectivity index (χ2n) is 10.7. The average Bonchev–Trinajstić information content (AvgIpc) is 3.33. The third-order valence-electron chi connectivity index (χ3n) is 7.94. The van der Waals surface area contributed by atoms with Crippen LogP contribution < -0.4 is 0 Å². The van der Waals surface area contributed by atoms with Gasteiger partial charge in [0.15, 0.2) is 0 Å². The predicted molar refractivity (Wildman–Crippen MR) is 143 cm³/mol. The van der Waals surface area contributed by atoms with Crippen LogP contribution in [0.4, 0.5) is 13.2 Å². The van der Waals surface area contributed by atoms with Crippen molar-refractivity contribution in [2.75, 3.05) is 13.1 Å². The summed E-state index contributed by atoms with van der Waals surface area (Å²) in [6.45, 7) is 1.99. The zero-order valence-corrected chi connectivity index (χ0v) is 21.1. The highest BCUT2D eigenvalue weighted by Crippen LogP contribution is 2.36. The van der Waals surface area contributed by atoms with Gasteiger partial charge in [-0.1, -0.05) is 30.3 Å². The molecule has 0 bridgehead atoms. The third kappa shape index (κ3) is 4.45. The summed E-state index contributed by atoms with van der Waals surface area (Å²) in [5.74, 6) is 1.27. The molecule has 39 heavy (non-hydrogen) atoms. The molecule has 3 heterocycles. The lowest BCUT2D eigenvalue weighted by Gasteiger charge is -2.18. The van der Waals surface area contributed by atoms with E-state index in [0.29, 0.717) is 29.9 Å². The van der Waals surface area contributed by atoms with E-state index in [9.17, 15) is 18.0 Å². The number of nitrogens with one attached hydrogen (secondary N) is 1. The average molecular weight is 530 g/mol. The number of carbonyl (C=O) groups is 1. The lowest BCUT2D eigenvalue weighted by atomic mass is 10.0. The summed E-state index contributed by atoms with van der Waals surface area (Å²) in [5, 5.41) is 0. The van der Waals surface area contributed by atoms with Crippen molar-refractivity contribution in [3.8, 4) is 22.5 Å². The monoisotopic (exact) mass is 529 g/mol. The number of rotatable bonds is 5. The number of alkyl halides is 3. The summed E-state index contributed by atoms with van der Waals surface area (Å²) in [6.07, 6.45) is 0.0444. The van der Waals surface area contributed by atoms with Gasteiger partial charge in [0, 0.05) is 31.1 Å². The van der Waals surface area contributed by atoms with Gasteiger partial charge >= 0.3 is 6.18 Å². The minimum absolute atomic E-state index is 0.182. The molecule has 198 valence electrons. The summed E-state index contributed by atoms with van der Waals surface area (Å²) in [6, 6.07) is 17.7. The SMILES string of the molecule is O=C(C1CC1)N1CCC(Cn2c(-c3ccc(-c4ccc5nc[nH]c5c4)cc3)nc3cc(C(F)(F)F)ccc32)C1. The van der Waals surface area contributed by atoms with E-state index in [0.717, 1.165) is 65.7 Å². The molecule has 1 amide bonds. The van der Waals surface area contributed by atoms with Gasteiger partial charge in [-0.05, 0) is 66.6 Å². The maximum absolute atomic E-state index is 13.5. The van der Waals surface area contributed by atoms with Gasteiger partial charge in [0.2, 0.25) is 5.91 Å². The molecule has 3 aromatic carbocycles. The lowest BCUT2D eigenvalue weighted by Crippen LogP contribution is -2.30. The summed E-state index contributed by atoms with van der Waals surface area (Å²) >= 11 is 0. The van der Waals surface area contributed by atoms with Gasteiger partial charge in [-0.15, -0.1) is 0 Å². The van der Waals surface area contributed by atoms with Crippen molar-refractivity contribution in [1.82, 2.24) is 24.4 Å². The molecule has 1 aliphatic heterocycles. The quantitative estimate of drug-likeness (QED) is 0.282. The zero-order chi connectivity index (χ0) is 26.7. The molecule has 0 spiro atoms. The minimum Gasteiger partial charge on any atom is -0.345 e. The first kappa shape index (κ1) is 23.9. The molecule has 1 N–H and O–H groups in total. The molecule has 2 aliphatic rings. The highest BCUT2D eigenvalue weighted by molar-refractivity contribution is 5.84. The molecular weight excluding hydrogens is 503 g/mol. The van der Waals surface area contributed by atoms with Crippen LogP contribution in [0.15, 0.2) is 67.0 Å². The molecule has 6 nitrogen and oxygen atoms in total. The number of likely N-dealkylation sites (tertiary alicyclic amines) is 1. The third-order valence-corrected chi connectivity index (χ3v) is 7.94. The number of benzene rings is 3. The Hall–Kier alpha value is -4.14. The highest BCUT2D eigenvalue weighted by Gasteiger charge is 2.37. The minimum atomic E-state index is -4.44. The molecule has 7 rings (SSSR count). The van der Waals surface area contributed by atoms with Crippen LogP contribution in [-0.2, 0) is 17.5 Å². The zero-order valence-electron chi connectivity index (χ0n) is 21.1. The standard InChI is InChI=1S/C30H26F3N5O/c31-30(32,33)23-8-10-27-26(14-23)36-28(38(27)16-18-11-12-37(15-18)29(39)21-5-6-21)20-3-1-19(2-4-20)22-7-9-24-25(13-22)35-17-34-24/h1-4,7-10,13-14,17-18,21H,5-6,11-12,15-16H2,(H,34,35). The Kier molecular flexibility index (Phi) is 5.50. The second kappa shape index (κ2) is 8.97. The summed E-state index contributed by atoms with van der Waals surface area (Å²) in [7, 11) is 0. The van der Waals surface area contributed by atoms with E-state index >= 15 is 0 Å². The number of amides is 1. The number of H-pyrrole nitrogens is 1. The van der Waals surface area contributed by atoms with Crippen molar-refractivity contribution in [2.24, 2.45) is 11.8 Å². The summed E-state index contributed by atoms with van der Waals surface area (Å²) in [5.41, 5.74) is 5.00. The fourth-order valence-electron chi connectivity index (χ4n) is 5.67. The lowest BCUT2D eigenvalue weighted by molar-refractivity contribution is -0.137. The molecular formula is C30H26F3N5O. The number of nitrogens with zero attached hydrogens (tertiary/aromatic N) is 4. The van der Waals surface area contributed by atoms with Crippen LogP contribution in [0.25, 0.3) is 44.6 Å². The van der Waals surface area contributed by atoms with Crippen molar-refractivity contribution in [3.05, 3.63) is 72.6 Å². The number of hydrogen-bond acceptors (Lipinski definition) is 3. The van der Waals surface area contributed by atoms with Crippen molar-refractivity contribution < 1.29 is 18.0 Å². The molecule has 5 aromatic rings. The van der Waals surface area contributed by atoms with E-state index in [1.165, 1.54) is 6.07 Å². The number of aromatic amines is 1. The van der Waals surface area contributed by atoms with Gasteiger partial charge in [0.05, 0.1) is 34.0 Å². The molecule has 1 saturated heterocycles. The molecule has 1 unspecified atom stereocenters. The Bertz CT molecular complexity index is 1700. The molecule has 1 saturated carbocycles. The number of carbonyl (C=O) groups excluding carboxylic acids is 1. The second-order valence-corrected chi connectivity index (χ2v) is 10.7. The van der Waals surface area contributed by atoms with Gasteiger partial charge in [-0.25, -0.2) is 9.97 Å². The van der Waals surface area contributed by atoms with Gasteiger partial charge in [0.25, 0.3) is 0 Å².